The van der Waals surface area contributed by atoms with Crippen molar-refractivity contribution in [2.75, 3.05) is 49.3 Å². The fourth-order valence-corrected chi connectivity index (χ4v) is 5.28. The molecule has 0 bridgehead atoms. The summed E-state index contributed by atoms with van der Waals surface area (Å²) < 4.78 is 54.4. The molecule has 0 unspecified atom stereocenters. The largest absolute Gasteiger partial charge is 0.480 e. The molecule has 1 aliphatic heterocycles. The van der Waals surface area contributed by atoms with E-state index >= 15 is 4.39 Å². The van der Waals surface area contributed by atoms with Crippen molar-refractivity contribution in [1.82, 2.24) is 19.9 Å². The number of methoxy groups -OCH3 is 1. The first-order chi connectivity index (χ1) is 18.3. The molecule has 0 spiro atoms. The number of fused-ring (bicyclic) bond motifs is 1. The first kappa shape index (κ1) is 25.8. The molecule has 198 valence electrons. The molecular weight excluding hydrogens is 537 g/mol. The van der Waals surface area contributed by atoms with Gasteiger partial charge in [0.25, 0.3) is 10.0 Å². The van der Waals surface area contributed by atoms with Gasteiger partial charge in [0.05, 0.1) is 31.0 Å². The summed E-state index contributed by atoms with van der Waals surface area (Å²) in [5.41, 5.74) is 0.657. The molecule has 38 heavy (non-hydrogen) atoms. The highest BCUT2D eigenvalue weighted by Crippen LogP contribution is 2.35. The average molecular weight is 560 g/mol. The van der Waals surface area contributed by atoms with E-state index in [1.165, 1.54) is 37.6 Å². The molecule has 3 aromatic heterocycles. The number of anilines is 3. The lowest BCUT2D eigenvalue weighted by atomic mass is 10.0. The maximum absolute atomic E-state index is 15.8. The first-order valence-corrected chi connectivity index (χ1v) is 13.3. The topological polar surface area (TPSA) is 140 Å². The SMILES string of the molecule is CNc1nc2nc(NCC3COC3)ncc2cc1-c1cccc(NS(=O)(=O)c2cc(Cl)cnc2OC)c1F. The van der Waals surface area contributed by atoms with Crippen LogP contribution in [-0.2, 0) is 14.8 Å². The monoisotopic (exact) mass is 559 g/mol. The fraction of sp³-hybridized carbons (Fsp3) is 0.250. The number of benzene rings is 1. The standard InChI is InChI=1S/C24H23ClFN7O4S/c1-27-22-17(6-14-9-30-24(32-21(14)31-22)29-8-13-11-37-12-13)16-4-3-5-18(20(16)26)33-38(34,35)19-7-15(25)10-28-23(19)36-2/h3-7,9-10,13,33H,8,11-12H2,1-2H3,(H2,27,29,30,31,32). The summed E-state index contributed by atoms with van der Waals surface area (Å²) in [4.78, 5) is 16.9. The lowest BCUT2D eigenvalue weighted by molar-refractivity contribution is -0.0249. The van der Waals surface area contributed by atoms with Gasteiger partial charge in [0.2, 0.25) is 11.8 Å². The molecule has 0 radical (unpaired) electrons. The summed E-state index contributed by atoms with van der Waals surface area (Å²) in [5, 5.41) is 6.80. The number of nitrogens with zero attached hydrogens (tertiary/aromatic N) is 4. The number of sulfonamides is 1. The van der Waals surface area contributed by atoms with Crippen molar-refractivity contribution in [1.29, 1.82) is 0 Å². The zero-order chi connectivity index (χ0) is 26.9. The second kappa shape index (κ2) is 10.5. The summed E-state index contributed by atoms with van der Waals surface area (Å²) in [5.74, 6) is 0.227. The van der Waals surface area contributed by atoms with Crippen LogP contribution >= 0.6 is 11.6 Å². The Bertz CT molecular complexity index is 1620. The Morgan fingerprint density at radius 3 is 2.68 bits per heavy atom. The van der Waals surface area contributed by atoms with Crippen molar-refractivity contribution in [2.45, 2.75) is 4.90 Å². The Labute approximate surface area is 222 Å². The number of halogens is 2. The van der Waals surface area contributed by atoms with Crippen molar-refractivity contribution in [3.05, 3.63) is 53.6 Å². The third kappa shape index (κ3) is 5.12. The van der Waals surface area contributed by atoms with Gasteiger partial charge in [-0.2, -0.15) is 4.98 Å². The van der Waals surface area contributed by atoms with Crippen LogP contribution < -0.4 is 20.1 Å². The molecule has 1 saturated heterocycles. The minimum atomic E-state index is -4.29. The Balaban J connectivity index is 1.49. The van der Waals surface area contributed by atoms with Crippen molar-refractivity contribution >= 4 is 50.1 Å². The zero-order valence-corrected chi connectivity index (χ0v) is 21.9. The Kier molecular flexibility index (Phi) is 7.15. The van der Waals surface area contributed by atoms with Gasteiger partial charge in [0, 0.05) is 48.4 Å². The van der Waals surface area contributed by atoms with Gasteiger partial charge in [-0.1, -0.05) is 23.7 Å². The van der Waals surface area contributed by atoms with E-state index in [-0.39, 0.29) is 27.0 Å². The second-order valence-electron chi connectivity index (χ2n) is 8.46. The van der Waals surface area contributed by atoms with E-state index in [1.54, 1.807) is 19.3 Å². The highest BCUT2D eigenvalue weighted by Gasteiger charge is 2.24. The number of pyridine rings is 2. The Morgan fingerprint density at radius 1 is 1.16 bits per heavy atom. The van der Waals surface area contributed by atoms with Gasteiger partial charge in [0.1, 0.15) is 5.82 Å². The summed E-state index contributed by atoms with van der Waals surface area (Å²) in [7, 11) is -1.37. The number of nitrogens with one attached hydrogen (secondary N) is 3. The van der Waals surface area contributed by atoms with Crippen LogP contribution in [0, 0.1) is 11.7 Å². The maximum Gasteiger partial charge on any atom is 0.267 e. The van der Waals surface area contributed by atoms with Gasteiger partial charge >= 0.3 is 0 Å². The molecule has 0 saturated carbocycles. The van der Waals surface area contributed by atoms with Crippen LogP contribution in [0.15, 0.2) is 47.6 Å². The Hall–Kier alpha value is -3.81. The quantitative estimate of drug-likeness (QED) is 0.277. The highest BCUT2D eigenvalue weighted by molar-refractivity contribution is 7.92. The predicted octanol–water partition coefficient (Wildman–Crippen LogP) is 3.79. The van der Waals surface area contributed by atoms with E-state index in [9.17, 15) is 8.42 Å². The van der Waals surface area contributed by atoms with Crippen LogP contribution in [0.25, 0.3) is 22.2 Å². The third-order valence-electron chi connectivity index (χ3n) is 5.86. The third-order valence-corrected chi connectivity index (χ3v) is 7.43. The summed E-state index contributed by atoms with van der Waals surface area (Å²) in [6.07, 6.45) is 2.85. The second-order valence-corrected chi connectivity index (χ2v) is 10.5. The molecule has 1 fully saturated rings. The minimum Gasteiger partial charge on any atom is -0.480 e. The van der Waals surface area contributed by atoms with Gasteiger partial charge in [0.15, 0.2) is 16.4 Å². The predicted molar refractivity (Wildman–Crippen MR) is 142 cm³/mol. The molecule has 1 aromatic carbocycles. The van der Waals surface area contributed by atoms with E-state index in [0.29, 0.717) is 54.0 Å². The average Bonchev–Trinajstić information content (AvgIpc) is 2.88. The van der Waals surface area contributed by atoms with Crippen LogP contribution in [0.1, 0.15) is 0 Å². The molecule has 11 nitrogen and oxygen atoms in total. The number of rotatable bonds is 9. The molecule has 4 heterocycles. The Morgan fingerprint density at radius 2 is 1.97 bits per heavy atom. The summed E-state index contributed by atoms with van der Waals surface area (Å²) in [6.45, 7) is 2.10. The molecule has 0 atom stereocenters. The molecule has 0 aliphatic carbocycles. The number of hydrogen-bond acceptors (Lipinski definition) is 10. The van der Waals surface area contributed by atoms with Gasteiger partial charge < -0.3 is 20.1 Å². The van der Waals surface area contributed by atoms with Gasteiger partial charge in [-0.25, -0.2) is 27.8 Å². The number of hydrogen-bond donors (Lipinski definition) is 3. The van der Waals surface area contributed by atoms with E-state index in [2.05, 4.69) is 35.3 Å². The first-order valence-electron chi connectivity index (χ1n) is 11.5. The molecule has 0 amide bonds. The van der Waals surface area contributed by atoms with E-state index in [1.807, 2.05) is 0 Å². The van der Waals surface area contributed by atoms with Crippen molar-refractivity contribution < 1.29 is 22.3 Å². The molecule has 4 aromatic rings. The van der Waals surface area contributed by atoms with Crippen LogP contribution in [-0.4, -0.2) is 62.3 Å². The molecule has 1 aliphatic rings. The van der Waals surface area contributed by atoms with Crippen LogP contribution in [0.2, 0.25) is 5.02 Å². The minimum absolute atomic E-state index is 0.0823. The smallest absolute Gasteiger partial charge is 0.267 e. The lowest BCUT2D eigenvalue weighted by Crippen LogP contribution is -2.33. The normalized spacial score (nSPS) is 13.7. The fourth-order valence-electron chi connectivity index (χ4n) is 3.86. The number of ether oxygens (including phenoxy) is 2. The van der Waals surface area contributed by atoms with E-state index in [4.69, 9.17) is 21.1 Å². The van der Waals surface area contributed by atoms with Crippen LogP contribution in [0.5, 0.6) is 5.88 Å². The molecular formula is C24H23ClFN7O4S. The van der Waals surface area contributed by atoms with Crippen LogP contribution in [0.3, 0.4) is 0 Å². The van der Waals surface area contributed by atoms with Crippen molar-refractivity contribution in [3.8, 4) is 17.0 Å². The van der Waals surface area contributed by atoms with E-state index < -0.39 is 15.8 Å². The molecule has 3 N–H and O–H groups in total. The van der Waals surface area contributed by atoms with Gasteiger partial charge in [-0.05, 0) is 18.2 Å². The summed E-state index contributed by atoms with van der Waals surface area (Å²) >= 11 is 5.93. The van der Waals surface area contributed by atoms with Crippen molar-refractivity contribution in [2.24, 2.45) is 5.92 Å². The van der Waals surface area contributed by atoms with Crippen LogP contribution in [0.4, 0.5) is 21.8 Å². The highest BCUT2D eigenvalue weighted by atomic mass is 35.5. The lowest BCUT2D eigenvalue weighted by Gasteiger charge is -2.25. The van der Waals surface area contributed by atoms with Gasteiger partial charge in [-0.3, -0.25) is 4.72 Å². The molecule has 14 heteroatoms. The zero-order valence-electron chi connectivity index (χ0n) is 20.3. The molecule has 5 rings (SSSR count). The van der Waals surface area contributed by atoms with E-state index in [0.717, 1.165) is 0 Å². The number of aromatic nitrogens is 4. The summed E-state index contributed by atoms with van der Waals surface area (Å²) in [6, 6.07) is 7.23. The van der Waals surface area contributed by atoms with Crippen molar-refractivity contribution in [3.63, 3.8) is 0 Å². The maximum atomic E-state index is 15.8. The van der Waals surface area contributed by atoms with Gasteiger partial charge in [-0.15, -0.1) is 0 Å².